The number of nitrogens with one attached hydrogen (secondary N) is 2. The second-order valence-electron chi connectivity index (χ2n) is 7.40. The second-order valence-corrected chi connectivity index (χ2v) is 8.38. The smallest absolute Gasteiger partial charge is 0.190 e. The van der Waals surface area contributed by atoms with E-state index in [9.17, 15) is 0 Å². The first-order valence-electron chi connectivity index (χ1n) is 10.2. The van der Waals surface area contributed by atoms with Crippen LogP contribution in [0.2, 0.25) is 0 Å². The van der Waals surface area contributed by atoms with Crippen molar-refractivity contribution in [2.24, 2.45) is 5.73 Å². The molecule has 0 bridgehead atoms. The molecule has 3 aromatic rings. The van der Waals surface area contributed by atoms with Crippen molar-refractivity contribution in [1.82, 2.24) is 19.9 Å². The predicted octanol–water partition coefficient (Wildman–Crippen LogP) is 4.79. The quantitative estimate of drug-likeness (QED) is 0.320. The Labute approximate surface area is 181 Å². The van der Waals surface area contributed by atoms with Gasteiger partial charge in [-0.1, -0.05) is 31.1 Å². The third kappa shape index (κ3) is 5.61. The van der Waals surface area contributed by atoms with Gasteiger partial charge in [-0.3, -0.25) is 0 Å². The molecule has 0 unspecified atom stereocenters. The van der Waals surface area contributed by atoms with Gasteiger partial charge >= 0.3 is 0 Å². The predicted molar refractivity (Wildman–Crippen MR) is 126 cm³/mol. The number of allylic oxidation sites excluding steroid dienone is 2. The minimum Gasteiger partial charge on any atom is -0.402 e. The molecule has 0 spiro atoms. The van der Waals surface area contributed by atoms with Crippen molar-refractivity contribution < 1.29 is 0 Å². The van der Waals surface area contributed by atoms with E-state index < -0.39 is 0 Å². The Kier molecular flexibility index (Phi) is 7.48. The Morgan fingerprint density at radius 1 is 1.27 bits per heavy atom. The Morgan fingerprint density at radius 3 is 2.83 bits per heavy atom. The highest BCUT2D eigenvalue weighted by atomic mass is 32.1. The third-order valence-electron chi connectivity index (χ3n) is 4.76. The molecule has 0 saturated heterocycles. The maximum absolute atomic E-state index is 7.57. The lowest BCUT2D eigenvalue weighted by Gasteiger charge is -2.16. The van der Waals surface area contributed by atoms with Crippen LogP contribution in [0.1, 0.15) is 44.4 Å². The molecule has 3 heterocycles. The number of thiazole rings is 1. The zero-order valence-corrected chi connectivity index (χ0v) is 18.6. The summed E-state index contributed by atoms with van der Waals surface area (Å²) >= 11 is 1.46. The number of aromatic nitrogens is 3. The number of nitrogens with two attached hydrogens (primary N) is 1. The first-order chi connectivity index (χ1) is 14.5. The van der Waals surface area contributed by atoms with E-state index in [1.807, 2.05) is 24.4 Å². The maximum Gasteiger partial charge on any atom is 0.190 e. The van der Waals surface area contributed by atoms with Crippen LogP contribution in [-0.2, 0) is 6.54 Å². The average Bonchev–Trinajstić information content (AvgIpc) is 3.10. The van der Waals surface area contributed by atoms with Crippen molar-refractivity contribution >= 4 is 44.4 Å². The fraction of sp³-hybridized carbons (Fsp3) is 0.364. The molecule has 0 fully saturated rings. The summed E-state index contributed by atoms with van der Waals surface area (Å²) in [5.41, 5.74) is 9.75. The van der Waals surface area contributed by atoms with E-state index in [-0.39, 0.29) is 0 Å². The fourth-order valence-corrected chi connectivity index (χ4v) is 4.03. The fourth-order valence-electron chi connectivity index (χ4n) is 3.18. The van der Waals surface area contributed by atoms with Gasteiger partial charge in [0.05, 0.1) is 5.69 Å². The molecule has 158 valence electrons. The van der Waals surface area contributed by atoms with E-state index in [0.717, 1.165) is 34.4 Å². The lowest BCUT2D eigenvalue weighted by molar-refractivity contribution is 0.318. The number of rotatable bonds is 10. The van der Waals surface area contributed by atoms with Gasteiger partial charge in [0.15, 0.2) is 5.13 Å². The molecule has 4 N–H and O–H groups in total. The van der Waals surface area contributed by atoms with E-state index in [2.05, 4.69) is 45.2 Å². The van der Waals surface area contributed by atoms with E-state index in [1.54, 1.807) is 6.92 Å². The minimum atomic E-state index is 0.570. The maximum atomic E-state index is 7.57. The van der Waals surface area contributed by atoms with Crippen molar-refractivity contribution in [3.05, 3.63) is 47.4 Å². The van der Waals surface area contributed by atoms with Crippen LogP contribution in [0.25, 0.3) is 15.9 Å². The minimum absolute atomic E-state index is 0.570. The zero-order valence-electron chi connectivity index (χ0n) is 17.8. The number of hydrogen-bond donors (Lipinski definition) is 3. The van der Waals surface area contributed by atoms with Gasteiger partial charge in [-0.15, -0.1) is 0 Å². The molecule has 3 rings (SSSR count). The first kappa shape index (κ1) is 21.9. The summed E-state index contributed by atoms with van der Waals surface area (Å²) in [4.78, 5) is 16.8. The SMILES string of the molecule is CCCCCN(C)Cc1ccnc(Nc2nc3ccc(/C(C=N)=C(\C)N)nc3s2)c1. The standard InChI is InChI=1S/C22H29N7S/c1-4-5-6-11-29(3)14-16-9-10-25-20(12-16)28-22-27-19-8-7-18(26-21(19)30-22)17(13-23)15(2)24/h7-10,12-13,23H,4-6,11,14,24H2,1-3H3,(H,25,27,28)/b17-15+,23-13?. The van der Waals surface area contributed by atoms with Crippen LogP contribution < -0.4 is 11.1 Å². The molecule has 0 aliphatic carbocycles. The highest BCUT2D eigenvalue weighted by Crippen LogP contribution is 2.28. The van der Waals surface area contributed by atoms with Gasteiger partial charge in [0.25, 0.3) is 0 Å². The Balaban J connectivity index is 1.73. The highest BCUT2D eigenvalue weighted by Gasteiger charge is 2.10. The largest absolute Gasteiger partial charge is 0.402 e. The topological polar surface area (TPSA) is 104 Å². The number of fused-ring (bicyclic) bond motifs is 1. The summed E-state index contributed by atoms with van der Waals surface area (Å²) in [6.07, 6.45) is 6.79. The summed E-state index contributed by atoms with van der Waals surface area (Å²) in [5.74, 6) is 0.770. The highest BCUT2D eigenvalue weighted by molar-refractivity contribution is 7.21. The van der Waals surface area contributed by atoms with Gasteiger partial charge in [-0.25, -0.2) is 15.0 Å². The number of hydrogen-bond acceptors (Lipinski definition) is 8. The molecule has 0 aromatic carbocycles. The summed E-state index contributed by atoms with van der Waals surface area (Å²) < 4.78 is 0. The second kappa shape index (κ2) is 10.3. The lowest BCUT2D eigenvalue weighted by atomic mass is 10.1. The normalized spacial score (nSPS) is 12.3. The van der Waals surface area contributed by atoms with Crippen LogP contribution in [0.15, 0.2) is 36.2 Å². The van der Waals surface area contributed by atoms with Crippen LogP contribution in [0.5, 0.6) is 0 Å². The van der Waals surface area contributed by atoms with Crippen LogP contribution in [0, 0.1) is 5.41 Å². The molecule has 0 radical (unpaired) electrons. The molecule has 0 aliphatic heterocycles. The Morgan fingerprint density at radius 2 is 2.10 bits per heavy atom. The molecule has 0 amide bonds. The van der Waals surface area contributed by atoms with Crippen molar-refractivity contribution in [3.63, 3.8) is 0 Å². The molecule has 3 aromatic heterocycles. The van der Waals surface area contributed by atoms with Crippen molar-refractivity contribution in [1.29, 1.82) is 5.41 Å². The van der Waals surface area contributed by atoms with Gasteiger partial charge in [-0.05, 0) is 56.8 Å². The van der Waals surface area contributed by atoms with E-state index >= 15 is 0 Å². The van der Waals surface area contributed by atoms with Gasteiger partial charge in [-0.2, -0.15) is 0 Å². The molecule has 30 heavy (non-hydrogen) atoms. The molecule has 0 aliphatic rings. The third-order valence-corrected chi connectivity index (χ3v) is 5.64. The van der Waals surface area contributed by atoms with Crippen LogP contribution >= 0.6 is 11.3 Å². The average molecular weight is 424 g/mol. The molecule has 0 atom stereocenters. The van der Waals surface area contributed by atoms with E-state index in [0.29, 0.717) is 17.0 Å². The lowest BCUT2D eigenvalue weighted by Crippen LogP contribution is -2.19. The summed E-state index contributed by atoms with van der Waals surface area (Å²) in [6.45, 7) is 5.98. The molecule has 0 saturated carbocycles. The van der Waals surface area contributed by atoms with Gasteiger partial charge in [0.1, 0.15) is 16.2 Å². The number of pyridine rings is 2. The van der Waals surface area contributed by atoms with Crippen LogP contribution in [-0.4, -0.2) is 39.7 Å². The molecule has 7 nitrogen and oxygen atoms in total. The first-order valence-corrected chi connectivity index (χ1v) is 11.0. The molecular weight excluding hydrogens is 394 g/mol. The summed E-state index contributed by atoms with van der Waals surface area (Å²) in [7, 11) is 2.15. The zero-order chi connectivity index (χ0) is 21.5. The van der Waals surface area contributed by atoms with Crippen LogP contribution in [0.4, 0.5) is 10.9 Å². The summed E-state index contributed by atoms with van der Waals surface area (Å²) in [6, 6.07) is 7.86. The van der Waals surface area contributed by atoms with E-state index in [1.165, 1.54) is 42.4 Å². The monoisotopic (exact) mass is 423 g/mol. The van der Waals surface area contributed by atoms with Crippen LogP contribution in [0.3, 0.4) is 0 Å². The Bertz CT molecular complexity index is 1040. The van der Waals surface area contributed by atoms with Gasteiger partial charge in [0.2, 0.25) is 0 Å². The van der Waals surface area contributed by atoms with Crippen molar-refractivity contribution in [3.8, 4) is 0 Å². The van der Waals surface area contributed by atoms with Crippen molar-refractivity contribution in [2.75, 3.05) is 18.9 Å². The number of anilines is 2. The molecule has 8 heteroatoms. The summed E-state index contributed by atoms with van der Waals surface area (Å²) in [5, 5.41) is 11.6. The number of nitrogens with zero attached hydrogens (tertiary/aromatic N) is 4. The Hall–Kier alpha value is -2.84. The van der Waals surface area contributed by atoms with Crippen molar-refractivity contribution in [2.45, 2.75) is 39.7 Å². The molecular formula is C22H29N7S. The van der Waals surface area contributed by atoms with Gasteiger partial charge < -0.3 is 21.4 Å². The van der Waals surface area contributed by atoms with E-state index in [4.69, 9.17) is 11.1 Å². The number of unbranched alkanes of at least 4 members (excludes halogenated alkanes) is 2. The van der Waals surface area contributed by atoms with Gasteiger partial charge in [0, 0.05) is 30.2 Å².